The molecule has 5 nitrogen and oxygen atoms in total. The van der Waals surface area contributed by atoms with E-state index in [1.54, 1.807) is 0 Å². The lowest BCUT2D eigenvalue weighted by atomic mass is 10.1. The maximum atomic E-state index is 11.7. The first-order valence-electron chi connectivity index (χ1n) is 6.62. The number of hydrogen-bond acceptors (Lipinski definition) is 5. The minimum atomic E-state index is -1.27. The highest BCUT2D eigenvalue weighted by Crippen LogP contribution is 2.15. The number of carbonyl (C=O) groups excluding carboxylic acids is 2. The molecule has 0 bridgehead atoms. The maximum Gasteiger partial charge on any atom is 0.258 e. The van der Waals surface area contributed by atoms with Crippen LogP contribution in [0.1, 0.15) is 17.5 Å². The highest BCUT2D eigenvalue weighted by atomic mass is 32.2. The molecule has 0 heterocycles. The van der Waals surface area contributed by atoms with Crippen LogP contribution in [-0.4, -0.2) is 36.5 Å². The SMILES string of the molecule is CSCC[C@@H](NC(=O)COc1cc(C)cc(C)c1)C(=O)[O-]. The van der Waals surface area contributed by atoms with E-state index in [-0.39, 0.29) is 6.61 Å². The van der Waals surface area contributed by atoms with Crippen molar-refractivity contribution in [2.24, 2.45) is 0 Å². The summed E-state index contributed by atoms with van der Waals surface area (Å²) >= 11 is 1.51. The summed E-state index contributed by atoms with van der Waals surface area (Å²) in [5.41, 5.74) is 2.08. The molecule has 116 valence electrons. The number of carbonyl (C=O) groups is 2. The zero-order valence-electron chi connectivity index (χ0n) is 12.5. The summed E-state index contributed by atoms with van der Waals surface area (Å²) in [5, 5.41) is 13.3. The maximum absolute atomic E-state index is 11.7. The van der Waals surface area contributed by atoms with E-state index in [1.807, 2.05) is 38.3 Å². The first-order valence-corrected chi connectivity index (χ1v) is 8.02. The number of hydrogen-bond donors (Lipinski definition) is 1. The molecule has 1 aromatic carbocycles. The van der Waals surface area contributed by atoms with E-state index in [4.69, 9.17) is 4.74 Å². The van der Waals surface area contributed by atoms with Crippen LogP contribution in [0.25, 0.3) is 0 Å². The van der Waals surface area contributed by atoms with Gasteiger partial charge in [0.1, 0.15) is 5.75 Å². The van der Waals surface area contributed by atoms with Crippen molar-refractivity contribution in [3.05, 3.63) is 29.3 Å². The zero-order chi connectivity index (χ0) is 15.8. The predicted octanol–water partition coefficient (Wildman–Crippen LogP) is 0.670. The smallest absolute Gasteiger partial charge is 0.258 e. The van der Waals surface area contributed by atoms with E-state index in [2.05, 4.69) is 5.32 Å². The number of amides is 1. The van der Waals surface area contributed by atoms with E-state index in [9.17, 15) is 14.7 Å². The second-order valence-electron chi connectivity index (χ2n) is 4.83. The Balaban J connectivity index is 2.50. The van der Waals surface area contributed by atoms with Gasteiger partial charge in [-0.25, -0.2) is 0 Å². The standard InChI is InChI=1S/C15H21NO4S/c1-10-6-11(2)8-12(7-10)20-9-14(17)16-13(15(18)19)4-5-21-3/h6-8,13H,4-5,9H2,1-3H3,(H,16,17)(H,18,19)/p-1/t13-/m1/s1. The molecule has 0 radical (unpaired) electrons. The second kappa shape index (κ2) is 8.56. The molecule has 1 rings (SSSR count). The molecule has 0 spiro atoms. The lowest BCUT2D eigenvalue weighted by Gasteiger charge is -2.19. The first-order chi connectivity index (χ1) is 9.92. The number of aliphatic carboxylic acids is 1. The molecule has 0 aliphatic rings. The summed E-state index contributed by atoms with van der Waals surface area (Å²) < 4.78 is 5.38. The summed E-state index contributed by atoms with van der Waals surface area (Å²) in [7, 11) is 0. The van der Waals surface area contributed by atoms with E-state index in [0.717, 1.165) is 11.1 Å². The van der Waals surface area contributed by atoms with Gasteiger partial charge in [-0.15, -0.1) is 0 Å². The van der Waals surface area contributed by atoms with Crippen molar-refractivity contribution in [1.29, 1.82) is 0 Å². The van der Waals surface area contributed by atoms with Crippen LogP contribution in [0.5, 0.6) is 5.75 Å². The second-order valence-corrected chi connectivity index (χ2v) is 5.82. The Morgan fingerprint density at radius 1 is 1.29 bits per heavy atom. The zero-order valence-corrected chi connectivity index (χ0v) is 13.3. The number of aryl methyl sites for hydroxylation is 2. The summed E-state index contributed by atoms with van der Waals surface area (Å²) in [5.74, 6) is -0.512. The van der Waals surface area contributed by atoms with Gasteiger partial charge >= 0.3 is 0 Å². The van der Waals surface area contributed by atoms with Crippen LogP contribution in [0.3, 0.4) is 0 Å². The molecular weight excluding hydrogens is 290 g/mol. The molecule has 0 saturated carbocycles. The molecule has 21 heavy (non-hydrogen) atoms. The van der Waals surface area contributed by atoms with Crippen LogP contribution in [0.15, 0.2) is 18.2 Å². The minimum Gasteiger partial charge on any atom is -0.548 e. The van der Waals surface area contributed by atoms with Crippen molar-refractivity contribution in [3.8, 4) is 5.75 Å². The highest BCUT2D eigenvalue weighted by molar-refractivity contribution is 7.98. The van der Waals surface area contributed by atoms with Crippen LogP contribution in [0.4, 0.5) is 0 Å². The Kier molecular flexibility index (Phi) is 7.08. The molecular formula is C15H20NO4S-. The third-order valence-corrected chi connectivity index (χ3v) is 3.44. The van der Waals surface area contributed by atoms with E-state index in [1.165, 1.54) is 11.8 Å². The molecule has 0 aliphatic carbocycles. The lowest BCUT2D eigenvalue weighted by Crippen LogP contribution is -2.49. The molecule has 0 saturated heterocycles. The predicted molar refractivity (Wildman–Crippen MR) is 81.3 cm³/mol. The van der Waals surface area contributed by atoms with Gasteiger partial charge in [-0.2, -0.15) is 11.8 Å². The molecule has 6 heteroatoms. The van der Waals surface area contributed by atoms with Gasteiger partial charge in [0, 0.05) is 0 Å². The summed E-state index contributed by atoms with van der Waals surface area (Å²) in [6, 6.07) is 4.67. The Morgan fingerprint density at radius 2 is 1.90 bits per heavy atom. The van der Waals surface area contributed by atoms with Gasteiger partial charge in [0.05, 0.1) is 12.0 Å². The largest absolute Gasteiger partial charge is 0.548 e. The van der Waals surface area contributed by atoms with Crippen LogP contribution < -0.4 is 15.2 Å². The highest BCUT2D eigenvalue weighted by Gasteiger charge is 2.13. The van der Waals surface area contributed by atoms with Gasteiger partial charge in [-0.3, -0.25) is 4.79 Å². The molecule has 0 unspecified atom stereocenters. The fraction of sp³-hybridized carbons (Fsp3) is 0.467. The van der Waals surface area contributed by atoms with Crippen molar-refractivity contribution in [2.75, 3.05) is 18.6 Å². The van der Waals surface area contributed by atoms with Crippen molar-refractivity contribution < 1.29 is 19.4 Å². The number of nitrogens with one attached hydrogen (secondary N) is 1. The van der Waals surface area contributed by atoms with Crippen molar-refractivity contribution >= 4 is 23.6 Å². The summed E-state index contributed by atoms with van der Waals surface area (Å²) in [4.78, 5) is 22.7. The molecule has 1 amide bonds. The number of ether oxygens (including phenoxy) is 1. The van der Waals surface area contributed by atoms with Crippen molar-refractivity contribution in [3.63, 3.8) is 0 Å². The van der Waals surface area contributed by atoms with E-state index in [0.29, 0.717) is 17.9 Å². The van der Waals surface area contributed by atoms with Gasteiger partial charge < -0.3 is 20.0 Å². The van der Waals surface area contributed by atoms with Gasteiger partial charge in [-0.05, 0) is 55.5 Å². The Bertz CT molecular complexity index is 484. The van der Waals surface area contributed by atoms with E-state index < -0.39 is 17.9 Å². The average Bonchev–Trinajstić information content (AvgIpc) is 2.39. The number of thioether (sulfide) groups is 1. The normalized spacial score (nSPS) is 11.8. The molecule has 1 aromatic rings. The number of carboxylic acid groups (broad SMARTS) is 1. The van der Waals surface area contributed by atoms with Gasteiger partial charge in [0.15, 0.2) is 6.61 Å². The van der Waals surface area contributed by atoms with E-state index >= 15 is 0 Å². The van der Waals surface area contributed by atoms with Crippen LogP contribution in [0.2, 0.25) is 0 Å². The van der Waals surface area contributed by atoms with Gasteiger partial charge in [0.2, 0.25) is 0 Å². The summed E-state index contributed by atoms with van der Waals surface area (Å²) in [6.07, 6.45) is 2.20. The number of carboxylic acids is 1. The molecule has 0 fully saturated rings. The van der Waals surface area contributed by atoms with Gasteiger partial charge in [0.25, 0.3) is 5.91 Å². The molecule has 1 atom stereocenters. The van der Waals surface area contributed by atoms with Crippen molar-refractivity contribution in [2.45, 2.75) is 26.3 Å². The third-order valence-electron chi connectivity index (χ3n) is 2.80. The Morgan fingerprint density at radius 3 is 2.43 bits per heavy atom. The number of rotatable bonds is 8. The number of benzene rings is 1. The van der Waals surface area contributed by atoms with Crippen LogP contribution >= 0.6 is 11.8 Å². The quantitative estimate of drug-likeness (QED) is 0.763. The average molecular weight is 310 g/mol. The van der Waals surface area contributed by atoms with Crippen LogP contribution in [0, 0.1) is 13.8 Å². The molecule has 0 aliphatic heterocycles. The lowest BCUT2D eigenvalue weighted by molar-refractivity contribution is -0.308. The monoisotopic (exact) mass is 310 g/mol. The van der Waals surface area contributed by atoms with Gasteiger partial charge in [-0.1, -0.05) is 6.07 Å². The summed E-state index contributed by atoms with van der Waals surface area (Å²) in [6.45, 7) is 3.66. The molecule has 0 aromatic heterocycles. The first kappa shape index (κ1) is 17.4. The molecule has 1 N–H and O–H groups in total. The third kappa shape index (κ3) is 6.53. The fourth-order valence-electron chi connectivity index (χ4n) is 1.89. The van der Waals surface area contributed by atoms with Crippen LogP contribution in [-0.2, 0) is 9.59 Å². The Hall–Kier alpha value is -1.69. The fourth-order valence-corrected chi connectivity index (χ4v) is 2.36. The Labute approximate surface area is 129 Å². The topological polar surface area (TPSA) is 78.5 Å². The minimum absolute atomic E-state index is 0.216. The van der Waals surface area contributed by atoms with Crippen molar-refractivity contribution in [1.82, 2.24) is 5.32 Å².